The largest absolute Gasteiger partial charge is 0.467 e. The summed E-state index contributed by atoms with van der Waals surface area (Å²) in [6.45, 7) is 0. The molecule has 0 bridgehead atoms. The van der Waals surface area contributed by atoms with E-state index in [1.165, 1.54) is 19.2 Å². The number of nitrogens with zero attached hydrogens (tertiary/aromatic N) is 3. The summed E-state index contributed by atoms with van der Waals surface area (Å²) in [4.78, 5) is 24.6. The Labute approximate surface area is 167 Å². The number of fused-ring (bicyclic) bond motifs is 1. The van der Waals surface area contributed by atoms with Crippen LogP contribution in [0.15, 0.2) is 59.9 Å². The third kappa shape index (κ3) is 3.99. The number of amides is 1. The molecule has 0 aliphatic carbocycles. The predicted octanol–water partition coefficient (Wildman–Crippen LogP) is 3.31. The molecule has 1 aromatic heterocycles. The highest BCUT2D eigenvalue weighted by Gasteiger charge is 2.26. The van der Waals surface area contributed by atoms with Crippen LogP contribution in [0.4, 0.5) is 10.1 Å². The molecule has 2 heterocycles. The first-order valence-electron chi connectivity index (χ1n) is 9.14. The first kappa shape index (κ1) is 18.7. The number of ether oxygens (including phenoxy) is 1. The van der Waals surface area contributed by atoms with E-state index < -0.39 is 5.91 Å². The van der Waals surface area contributed by atoms with Crippen molar-refractivity contribution in [3.63, 3.8) is 0 Å². The highest BCUT2D eigenvalue weighted by Crippen LogP contribution is 2.39. The molecule has 7 heteroatoms. The van der Waals surface area contributed by atoms with Crippen LogP contribution in [0.5, 0.6) is 6.01 Å². The van der Waals surface area contributed by atoms with Gasteiger partial charge in [-0.1, -0.05) is 24.3 Å². The molecule has 1 amide bonds. The van der Waals surface area contributed by atoms with Gasteiger partial charge in [0.25, 0.3) is 5.91 Å². The third-order valence-corrected chi connectivity index (χ3v) is 4.95. The molecule has 1 aliphatic rings. The number of hydrogen-bond acceptors (Lipinski definition) is 5. The number of carbonyl (C=O) groups is 1. The summed E-state index contributed by atoms with van der Waals surface area (Å²) in [6.07, 6.45) is 4.43. The second kappa shape index (κ2) is 7.79. The van der Waals surface area contributed by atoms with Crippen molar-refractivity contribution >= 4 is 17.3 Å². The van der Waals surface area contributed by atoms with Crippen LogP contribution < -0.4 is 10.5 Å². The molecule has 6 nitrogen and oxygen atoms in total. The van der Waals surface area contributed by atoms with Crippen molar-refractivity contribution < 1.29 is 13.9 Å². The maximum atomic E-state index is 13.3. The van der Waals surface area contributed by atoms with E-state index in [9.17, 15) is 9.18 Å². The smallest absolute Gasteiger partial charge is 0.316 e. The fourth-order valence-electron chi connectivity index (χ4n) is 3.51. The van der Waals surface area contributed by atoms with Gasteiger partial charge in [0.05, 0.1) is 12.8 Å². The summed E-state index contributed by atoms with van der Waals surface area (Å²) in [6, 6.07) is 12.6. The van der Waals surface area contributed by atoms with Crippen LogP contribution in [0.3, 0.4) is 0 Å². The van der Waals surface area contributed by atoms with Crippen molar-refractivity contribution in [3.05, 3.63) is 82.9 Å². The summed E-state index contributed by atoms with van der Waals surface area (Å²) in [5.41, 5.74) is 10.4. The first-order chi connectivity index (χ1) is 14.0. The van der Waals surface area contributed by atoms with Crippen LogP contribution in [-0.2, 0) is 11.2 Å². The van der Waals surface area contributed by atoms with Crippen LogP contribution in [0, 0.1) is 5.82 Å². The monoisotopic (exact) mass is 390 g/mol. The van der Waals surface area contributed by atoms with Crippen LogP contribution in [-0.4, -0.2) is 28.7 Å². The average molecular weight is 390 g/mol. The minimum absolute atomic E-state index is 0.107. The lowest BCUT2D eigenvalue weighted by Crippen LogP contribution is -2.27. The number of aromatic nitrogens is 2. The number of nitrogens with two attached hydrogens (primary N) is 1. The van der Waals surface area contributed by atoms with E-state index in [1.54, 1.807) is 24.5 Å². The van der Waals surface area contributed by atoms with Gasteiger partial charge in [-0.2, -0.15) is 0 Å². The molecule has 0 saturated carbocycles. The molecular weight excluding hydrogens is 371 g/mol. The first-order valence-corrected chi connectivity index (χ1v) is 9.14. The Balaban J connectivity index is 1.69. The van der Waals surface area contributed by atoms with Crippen LogP contribution in [0.2, 0.25) is 0 Å². The van der Waals surface area contributed by atoms with Gasteiger partial charge in [0.2, 0.25) is 0 Å². The van der Waals surface area contributed by atoms with Crippen molar-refractivity contribution in [2.24, 2.45) is 10.7 Å². The van der Waals surface area contributed by atoms with Crippen LogP contribution in [0.1, 0.15) is 34.6 Å². The Morgan fingerprint density at radius 2 is 1.86 bits per heavy atom. The minimum atomic E-state index is -0.545. The third-order valence-electron chi connectivity index (χ3n) is 4.95. The summed E-state index contributed by atoms with van der Waals surface area (Å²) in [7, 11) is 1.52. The van der Waals surface area contributed by atoms with Gasteiger partial charge < -0.3 is 10.5 Å². The van der Waals surface area contributed by atoms with Crippen molar-refractivity contribution in [1.82, 2.24) is 9.97 Å². The normalized spacial score (nSPS) is 15.4. The average Bonchev–Trinajstić information content (AvgIpc) is 2.74. The summed E-state index contributed by atoms with van der Waals surface area (Å²) in [5.74, 6) is -0.952. The number of rotatable bonds is 5. The molecule has 0 fully saturated rings. The molecule has 1 atom stereocenters. The number of hydrogen-bond donors (Lipinski definition) is 1. The van der Waals surface area contributed by atoms with E-state index in [4.69, 9.17) is 10.5 Å². The fraction of sp³-hybridized carbons (Fsp3) is 0.182. The molecule has 2 N–H and O–H groups in total. The molecule has 0 saturated heterocycles. The van der Waals surface area contributed by atoms with E-state index in [0.717, 1.165) is 22.3 Å². The quantitative estimate of drug-likeness (QED) is 0.724. The molecule has 29 heavy (non-hydrogen) atoms. The van der Waals surface area contributed by atoms with Gasteiger partial charge in [-0.15, -0.1) is 0 Å². The summed E-state index contributed by atoms with van der Waals surface area (Å²) < 4.78 is 18.3. The van der Waals surface area contributed by atoms with Gasteiger partial charge in [0, 0.05) is 31.2 Å². The number of methoxy groups -OCH3 is 1. The molecule has 1 aliphatic heterocycles. The molecule has 4 rings (SSSR count). The van der Waals surface area contributed by atoms with Crippen LogP contribution in [0.25, 0.3) is 0 Å². The van der Waals surface area contributed by atoms with Crippen molar-refractivity contribution in [2.75, 3.05) is 7.11 Å². The Hall–Kier alpha value is -3.61. The van der Waals surface area contributed by atoms with E-state index in [1.807, 2.05) is 18.2 Å². The number of benzene rings is 2. The lowest BCUT2D eigenvalue weighted by Gasteiger charge is -2.25. The van der Waals surface area contributed by atoms with E-state index in [2.05, 4.69) is 15.0 Å². The number of carbonyl (C=O) groups excluding carboxylic acids is 1. The second-order valence-corrected chi connectivity index (χ2v) is 6.88. The van der Waals surface area contributed by atoms with Gasteiger partial charge in [0.1, 0.15) is 11.5 Å². The van der Waals surface area contributed by atoms with E-state index in [0.29, 0.717) is 30.3 Å². The molecule has 2 aromatic carbocycles. The van der Waals surface area contributed by atoms with Gasteiger partial charge in [-0.05, 0) is 40.5 Å². The Morgan fingerprint density at radius 3 is 2.52 bits per heavy atom. The lowest BCUT2D eigenvalue weighted by molar-refractivity contribution is -0.112. The Kier molecular flexibility index (Phi) is 5.03. The zero-order valence-electron chi connectivity index (χ0n) is 15.8. The highest BCUT2D eigenvalue weighted by molar-refractivity contribution is 6.39. The zero-order chi connectivity index (χ0) is 20.4. The summed E-state index contributed by atoms with van der Waals surface area (Å²) in [5, 5.41) is 0. The topological polar surface area (TPSA) is 90.5 Å². The van der Waals surface area contributed by atoms with Gasteiger partial charge in [0.15, 0.2) is 0 Å². The van der Waals surface area contributed by atoms with Crippen molar-refractivity contribution in [1.29, 1.82) is 0 Å². The number of primary amides is 1. The molecule has 0 radical (unpaired) electrons. The van der Waals surface area contributed by atoms with Crippen molar-refractivity contribution in [2.45, 2.75) is 18.8 Å². The summed E-state index contributed by atoms with van der Waals surface area (Å²) >= 11 is 0. The molecular formula is C22H19FN4O2. The molecule has 0 spiro atoms. The standard InChI is InChI=1S/C22H19FN4O2/c1-29-22-25-11-14(12-26-22)8-13-2-7-17-18(15-3-5-16(23)6-4-15)10-20(21(24)28)27-19(17)9-13/h2-7,9,11-12,18H,8,10H2,1H3,(H2,24,28). The fourth-order valence-corrected chi connectivity index (χ4v) is 3.51. The second-order valence-electron chi connectivity index (χ2n) is 6.88. The maximum absolute atomic E-state index is 13.3. The van der Waals surface area contributed by atoms with Gasteiger partial charge in [-0.3, -0.25) is 4.79 Å². The van der Waals surface area contributed by atoms with Gasteiger partial charge >= 0.3 is 6.01 Å². The SMILES string of the molecule is COc1ncc(Cc2ccc3c(c2)N=C(C(N)=O)CC3c2ccc(F)cc2)cn1. The molecule has 3 aromatic rings. The van der Waals surface area contributed by atoms with Crippen LogP contribution >= 0.6 is 0 Å². The van der Waals surface area contributed by atoms with Crippen molar-refractivity contribution in [3.8, 4) is 6.01 Å². The number of halogens is 1. The number of aliphatic imine (C=N–C) groups is 1. The maximum Gasteiger partial charge on any atom is 0.316 e. The Bertz CT molecular complexity index is 1080. The van der Waals surface area contributed by atoms with Gasteiger partial charge in [-0.25, -0.2) is 19.4 Å². The van der Waals surface area contributed by atoms with E-state index in [-0.39, 0.29) is 11.7 Å². The minimum Gasteiger partial charge on any atom is -0.467 e. The molecule has 146 valence electrons. The lowest BCUT2D eigenvalue weighted by atomic mass is 9.83. The zero-order valence-corrected chi connectivity index (χ0v) is 15.8. The predicted molar refractivity (Wildman–Crippen MR) is 107 cm³/mol. The molecule has 1 unspecified atom stereocenters. The van der Waals surface area contributed by atoms with E-state index >= 15 is 0 Å². The Morgan fingerprint density at radius 1 is 1.14 bits per heavy atom. The highest BCUT2D eigenvalue weighted by atomic mass is 19.1.